The molecule has 0 unspecified atom stereocenters. The molecule has 0 bridgehead atoms. The van der Waals surface area contributed by atoms with Gasteiger partial charge in [-0.15, -0.1) is 0 Å². The molecule has 2 N–H and O–H groups in total. The van der Waals surface area contributed by atoms with Crippen LogP contribution in [-0.4, -0.2) is 54.5 Å². The van der Waals surface area contributed by atoms with Crippen molar-refractivity contribution in [2.75, 3.05) is 19.7 Å². The fourth-order valence-electron chi connectivity index (χ4n) is 3.25. The Morgan fingerprint density at radius 3 is 2.85 bits per heavy atom. The maximum atomic E-state index is 13.0. The number of nitrogens with one attached hydrogen (secondary N) is 2. The highest BCUT2D eigenvalue weighted by atomic mass is 16.5. The molecule has 2 aliphatic rings. The van der Waals surface area contributed by atoms with Gasteiger partial charge in [0, 0.05) is 18.5 Å². The largest absolute Gasteiger partial charge is 0.493 e. The lowest BCUT2D eigenvalue weighted by molar-refractivity contribution is -0.156. The van der Waals surface area contributed by atoms with E-state index in [0.29, 0.717) is 17.9 Å². The zero-order valence-electron chi connectivity index (χ0n) is 15.1. The summed E-state index contributed by atoms with van der Waals surface area (Å²) in [4.78, 5) is 50.0. The molecule has 9 heteroatoms. The van der Waals surface area contributed by atoms with Gasteiger partial charge in [0.1, 0.15) is 12.3 Å². The van der Waals surface area contributed by atoms with Crippen molar-refractivity contribution >= 4 is 23.8 Å². The zero-order chi connectivity index (χ0) is 19.6. The summed E-state index contributed by atoms with van der Waals surface area (Å²) in [5, 5.41) is 5.23. The van der Waals surface area contributed by atoms with E-state index < -0.39 is 42.0 Å². The highest BCUT2D eigenvalue weighted by Crippen LogP contribution is 2.40. The van der Waals surface area contributed by atoms with Gasteiger partial charge in [0.15, 0.2) is 11.6 Å². The third-order valence-corrected chi connectivity index (χ3v) is 4.57. The first kappa shape index (κ1) is 18.7. The van der Waals surface area contributed by atoms with Crippen LogP contribution in [0, 0.1) is 0 Å². The van der Waals surface area contributed by atoms with Crippen molar-refractivity contribution in [3.05, 3.63) is 29.8 Å². The van der Waals surface area contributed by atoms with E-state index in [1.165, 1.54) is 6.92 Å². The van der Waals surface area contributed by atoms with E-state index in [1.54, 1.807) is 31.2 Å². The molecule has 2 heterocycles. The van der Waals surface area contributed by atoms with Gasteiger partial charge in [-0.05, 0) is 19.9 Å². The van der Waals surface area contributed by atoms with Crippen molar-refractivity contribution in [1.82, 2.24) is 15.5 Å². The number of imide groups is 1. The van der Waals surface area contributed by atoms with E-state index in [4.69, 9.17) is 9.47 Å². The Labute approximate surface area is 156 Å². The number of para-hydroxylation sites is 1. The van der Waals surface area contributed by atoms with E-state index in [2.05, 4.69) is 10.6 Å². The van der Waals surface area contributed by atoms with Crippen LogP contribution in [0.15, 0.2) is 24.3 Å². The van der Waals surface area contributed by atoms with E-state index in [1.807, 2.05) is 0 Å². The normalized spacial score (nSPS) is 21.9. The maximum absolute atomic E-state index is 13.0. The summed E-state index contributed by atoms with van der Waals surface area (Å²) in [6.07, 6.45) is -0.758. The Kier molecular flexibility index (Phi) is 5.02. The molecule has 1 spiro atoms. The summed E-state index contributed by atoms with van der Waals surface area (Å²) in [6.45, 7) is 3.25. The number of rotatable bonds is 5. The van der Waals surface area contributed by atoms with Gasteiger partial charge in [0.05, 0.1) is 6.61 Å². The van der Waals surface area contributed by atoms with E-state index in [-0.39, 0.29) is 13.0 Å². The van der Waals surface area contributed by atoms with Crippen LogP contribution in [0.3, 0.4) is 0 Å². The fourth-order valence-corrected chi connectivity index (χ4v) is 3.25. The molecule has 0 aliphatic carbocycles. The van der Waals surface area contributed by atoms with Crippen molar-refractivity contribution in [1.29, 1.82) is 0 Å². The van der Waals surface area contributed by atoms with E-state index in [0.717, 1.165) is 4.90 Å². The summed E-state index contributed by atoms with van der Waals surface area (Å²) in [6, 6.07) is 6.28. The molecule has 0 saturated carbocycles. The molecule has 0 aromatic heterocycles. The molecule has 1 fully saturated rings. The molecule has 3 rings (SSSR count). The molecular formula is C18H21N3O6. The number of esters is 1. The number of fused-ring (bicyclic) bond motifs is 2. The standard InChI is InChI=1S/C18H21N3O6/c1-3-19-15(23)11(2)27-14(22)10-21-16(24)18(20-17(21)25)8-9-26-13-7-5-4-6-12(13)18/h4-7,11H,3,8-10H2,1-2H3,(H,19,23)(H,20,25)/t11-,18+/m1/s1. The van der Waals surface area contributed by atoms with Crippen LogP contribution in [0.5, 0.6) is 5.75 Å². The topological polar surface area (TPSA) is 114 Å². The summed E-state index contributed by atoms with van der Waals surface area (Å²) in [7, 11) is 0. The lowest BCUT2D eigenvalue weighted by Crippen LogP contribution is -2.48. The Morgan fingerprint density at radius 2 is 2.11 bits per heavy atom. The molecule has 2 aliphatic heterocycles. The number of hydrogen-bond acceptors (Lipinski definition) is 6. The van der Waals surface area contributed by atoms with Gasteiger partial charge in [-0.1, -0.05) is 18.2 Å². The minimum Gasteiger partial charge on any atom is -0.493 e. The number of benzene rings is 1. The zero-order valence-corrected chi connectivity index (χ0v) is 15.1. The predicted molar refractivity (Wildman–Crippen MR) is 92.7 cm³/mol. The number of urea groups is 1. The average Bonchev–Trinajstić information content (AvgIpc) is 2.87. The number of hydrogen-bond donors (Lipinski definition) is 2. The number of nitrogens with zero attached hydrogens (tertiary/aromatic N) is 1. The first-order valence-electron chi connectivity index (χ1n) is 8.72. The summed E-state index contributed by atoms with van der Waals surface area (Å²) in [5.74, 6) is -1.30. The first-order valence-corrected chi connectivity index (χ1v) is 8.72. The summed E-state index contributed by atoms with van der Waals surface area (Å²) in [5.41, 5.74) is -0.696. The lowest BCUT2D eigenvalue weighted by atomic mass is 9.84. The minimum absolute atomic E-state index is 0.259. The monoisotopic (exact) mass is 375 g/mol. The summed E-state index contributed by atoms with van der Waals surface area (Å²) >= 11 is 0. The highest BCUT2D eigenvalue weighted by Gasteiger charge is 2.55. The molecule has 1 saturated heterocycles. The van der Waals surface area contributed by atoms with Gasteiger partial charge in [-0.3, -0.25) is 19.3 Å². The van der Waals surface area contributed by atoms with Gasteiger partial charge in [0.2, 0.25) is 0 Å². The Bertz CT molecular complexity index is 795. The van der Waals surface area contributed by atoms with E-state index in [9.17, 15) is 19.2 Å². The number of likely N-dealkylation sites (N-methyl/N-ethyl adjacent to an activating group) is 1. The van der Waals surface area contributed by atoms with Crippen LogP contribution in [0.2, 0.25) is 0 Å². The second-order valence-electron chi connectivity index (χ2n) is 6.35. The number of carbonyl (C=O) groups excluding carboxylic acids is 4. The van der Waals surface area contributed by atoms with Gasteiger partial charge >= 0.3 is 12.0 Å². The van der Waals surface area contributed by atoms with Crippen molar-refractivity contribution in [2.24, 2.45) is 0 Å². The lowest BCUT2D eigenvalue weighted by Gasteiger charge is -2.33. The fraction of sp³-hybridized carbons (Fsp3) is 0.444. The smallest absolute Gasteiger partial charge is 0.327 e. The first-order chi connectivity index (χ1) is 12.9. The SMILES string of the molecule is CCNC(=O)[C@@H](C)OC(=O)CN1C(=O)N[C@]2(CCOc3ccccc32)C1=O. The molecular weight excluding hydrogens is 354 g/mol. The van der Waals surface area contributed by atoms with Gasteiger partial charge in [0.25, 0.3) is 11.8 Å². The van der Waals surface area contributed by atoms with Crippen molar-refractivity contribution < 1.29 is 28.7 Å². The molecule has 1 aromatic carbocycles. The number of carbonyl (C=O) groups is 4. The number of ether oxygens (including phenoxy) is 2. The molecule has 144 valence electrons. The van der Waals surface area contributed by atoms with Gasteiger partial charge < -0.3 is 20.1 Å². The highest BCUT2D eigenvalue weighted by molar-refractivity contribution is 6.09. The van der Waals surface area contributed by atoms with Crippen LogP contribution < -0.4 is 15.4 Å². The second kappa shape index (κ2) is 7.26. The molecule has 1 aromatic rings. The van der Waals surface area contributed by atoms with Gasteiger partial charge in [-0.25, -0.2) is 4.79 Å². The van der Waals surface area contributed by atoms with Crippen LogP contribution in [0.4, 0.5) is 4.79 Å². The quantitative estimate of drug-likeness (QED) is 0.565. The molecule has 2 atom stereocenters. The van der Waals surface area contributed by atoms with Crippen LogP contribution in [-0.2, 0) is 24.7 Å². The van der Waals surface area contributed by atoms with Gasteiger partial charge in [-0.2, -0.15) is 0 Å². The average molecular weight is 375 g/mol. The van der Waals surface area contributed by atoms with Crippen LogP contribution in [0.25, 0.3) is 0 Å². The Balaban J connectivity index is 1.74. The Morgan fingerprint density at radius 1 is 1.37 bits per heavy atom. The molecule has 4 amide bonds. The Hall–Kier alpha value is -3.10. The number of amides is 4. The summed E-state index contributed by atoms with van der Waals surface area (Å²) < 4.78 is 10.6. The van der Waals surface area contributed by atoms with E-state index >= 15 is 0 Å². The second-order valence-corrected chi connectivity index (χ2v) is 6.35. The van der Waals surface area contributed by atoms with Crippen molar-refractivity contribution in [3.63, 3.8) is 0 Å². The minimum atomic E-state index is -1.25. The molecule has 27 heavy (non-hydrogen) atoms. The predicted octanol–water partition coefficient (Wildman–Crippen LogP) is 0.284. The maximum Gasteiger partial charge on any atom is 0.327 e. The third kappa shape index (κ3) is 3.32. The van der Waals surface area contributed by atoms with Crippen molar-refractivity contribution in [3.8, 4) is 5.75 Å². The van der Waals surface area contributed by atoms with Crippen LogP contribution in [0.1, 0.15) is 25.8 Å². The third-order valence-electron chi connectivity index (χ3n) is 4.57. The molecule has 9 nitrogen and oxygen atoms in total. The van der Waals surface area contributed by atoms with Crippen LogP contribution >= 0.6 is 0 Å². The molecule has 0 radical (unpaired) electrons. The van der Waals surface area contributed by atoms with Crippen molar-refractivity contribution in [2.45, 2.75) is 31.9 Å².